The van der Waals surface area contributed by atoms with Crippen LogP contribution in [0.25, 0.3) is 0 Å². The quantitative estimate of drug-likeness (QED) is 0.866. The van der Waals surface area contributed by atoms with Gasteiger partial charge in [-0.25, -0.2) is 0 Å². The maximum atomic E-state index is 12.6. The zero-order valence-electron chi connectivity index (χ0n) is 10.4. The fourth-order valence-electron chi connectivity index (χ4n) is 1.69. The summed E-state index contributed by atoms with van der Waals surface area (Å²) < 4.78 is 42.7. The lowest BCUT2D eigenvalue weighted by molar-refractivity contribution is -0.137. The normalized spacial score (nSPS) is 11.0. The van der Waals surface area contributed by atoms with E-state index in [-0.39, 0.29) is 17.0 Å². The van der Waals surface area contributed by atoms with Gasteiger partial charge in [-0.1, -0.05) is 18.2 Å². The molecule has 2 aromatic rings. The predicted octanol–water partition coefficient (Wildman–Crippen LogP) is 4.65. The zero-order chi connectivity index (χ0) is 15.5. The lowest BCUT2D eigenvalue weighted by Crippen LogP contribution is -2.13. The summed E-state index contributed by atoms with van der Waals surface area (Å²) in [6, 6.07) is 10.8. The number of carbonyl (C=O) groups excluding carboxylic acids is 1. The number of carbonyl (C=O) groups is 1. The van der Waals surface area contributed by atoms with Gasteiger partial charge < -0.3 is 9.15 Å². The Morgan fingerprint density at radius 3 is 2.48 bits per heavy atom. The molecule has 0 spiro atoms. The van der Waals surface area contributed by atoms with Gasteiger partial charge in [0.15, 0.2) is 16.3 Å². The van der Waals surface area contributed by atoms with Crippen molar-refractivity contribution < 1.29 is 21.8 Å². The van der Waals surface area contributed by atoms with Gasteiger partial charge in [-0.05, 0) is 30.3 Å². The van der Waals surface area contributed by atoms with Crippen molar-refractivity contribution in [1.82, 2.24) is 0 Å². The third-order valence-corrected chi connectivity index (χ3v) is 3.01. The van der Waals surface area contributed by atoms with Crippen molar-refractivity contribution in [2.45, 2.75) is 6.18 Å². The first kappa shape index (κ1) is 15.4. The van der Waals surface area contributed by atoms with Crippen LogP contribution in [0.4, 0.5) is 18.9 Å². The Morgan fingerprint density at radius 2 is 1.81 bits per heavy atom. The van der Waals surface area contributed by atoms with E-state index in [2.05, 4.69) is 21.6 Å². The molecular formula is C14H9BrF3NO2. The largest absolute Gasteiger partial charge is 0.417 e. The number of amides is 1. The number of rotatable bonds is 3. The van der Waals surface area contributed by atoms with Crippen molar-refractivity contribution in [3.05, 3.63) is 59.7 Å². The standard InChI is InChI=1S/C14H9BrF3NO2/c15-21-12-7-2-1-6-11(12)13(20)19-10-5-3-4-9(8-10)14(16,17)18/h1-8H,(H,19,20). The summed E-state index contributed by atoms with van der Waals surface area (Å²) >= 11 is 2.77. The topological polar surface area (TPSA) is 38.3 Å². The molecule has 1 N–H and O–H groups in total. The Bertz CT molecular complexity index is 659. The highest BCUT2D eigenvalue weighted by Gasteiger charge is 2.30. The third kappa shape index (κ3) is 3.75. The fraction of sp³-hybridized carbons (Fsp3) is 0.0714. The van der Waals surface area contributed by atoms with E-state index < -0.39 is 17.6 Å². The molecule has 0 fully saturated rings. The lowest BCUT2D eigenvalue weighted by Gasteiger charge is -2.11. The first-order valence-electron chi connectivity index (χ1n) is 5.78. The van der Waals surface area contributed by atoms with Crippen LogP contribution in [0.2, 0.25) is 0 Å². The molecule has 0 unspecified atom stereocenters. The highest BCUT2D eigenvalue weighted by atomic mass is 79.9. The van der Waals surface area contributed by atoms with Gasteiger partial charge in [-0.2, -0.15) is 13.2 Å². The van der Waals surface area contributed by atoms with E-state index in [9.17, 15) is 18.0 Å². The van der Waals surface area contributed by atoms with Gasteiger partial charge in [0.25, 0.3) is 5.91 Å². The molecule has 3 nitrogen and oxygen atoms in total. The van der Waals surface area contributed by atoms with Crippen LogP contribution in [0, 0.1) is 0 Å². The van der Waals surface area contributed by atoms with Gasteiger partial charge in [0, 0.05) is 5.69 Å². The number of alkyl halides is 3. The molecule has 0 bridgehead atoms. The average Bonchev–Trinajstić information content (AvgIpc) is 2.46. The molecule has 0 radical (unpaired) electrons. The molecule has 21 heavy (non-hydrogen) atoms. The molecule has 0 aliphatic heterocycles. The SMILES string of the molecule is O=C(Nc1cccc(C(F)(F)F)c1)c1ccccc1OBr. The first-order valence-corrected chi connectivity index (χ1v) is 6.43. The van der Waals surface area contributed by atoms with E-state index in [1.165, 1.54) is 18.2 Å². The van der Waals surface area contributed by atoms with Crippen LogP contribution in [0.1, 0.15) is 15.9 Å². The number of hydrogen-bond donors (Lipinski definition) is 1. The van der Waals surface area contributed by atoms with Gasteiger partial charge in [-0.15, -0.1) is 0 Å². The number of nitrogens with one attached hydrogen (secondary N) is 1. The van der Waals surface area contributed by atoms with E-state index in [0.717, 1.165) is 12.1 Å². The number of halogens is 4. The second kappa shape index (κ2) is 6.17. The Hall–Kier alpha value is -2.02. The maximum Gasteiger partial charge on any atom is 0.416 e. The van der Waals surface area contributed by atoms with Gasteiger partial charge >= 0.3 is 6.18 Å². The van der Waals surface area contributed by atoms with Crippen molar-refractivity contribution in [3.63, 3.8) is 0 Å². The molecule has 1 amide bonds. The van der Waals surface area contributed by atoms with Gasteiger partial charge in [0.1, 0.15) is 5.75 Å². The molecular weight excluding hydrogens is 351 g/mol. The highest BCUT2D eigenvalue weighted by Crippen LogP contribution is 2.31. The van der Waals surface area contributed by atoms with Crippen LogP contribution in [-0.2, 0) is 6.18 Å². The molecule has 110 valence electrons. The van der Waals surface area contributed by atoms with Crippen molar-refractivity contribution in [3.8, 4) is 5.75 Å². The van der Waals surface area contributed by atoms with Crippen molar-refractivity contribution in [1.29, 1.82) is 0 Å². The Balaban J connectivity index is 2.24. The second-order valence-corrected chi connectivity index (χ2v) is 4.43. The molecule has 2 rings (SSSR count). The Labute approximate surface area is 127 Å². The van der Waals surface area contributed by atoms with Gasteiger partial charge in [-0.3, -0.25) is 4.79 Å². The summed E-state index contributed by atoms with van der Waals surface area (Å²) in [5.41, 5.74) is -0.573. The predicted molar refractivity (Wildman–Crippen MR) is 75.4 cm³/mol. The van der Waals surface area contributed by atoms with Gasteiger partial charge in [0.05, 0.1) is 11.1 Å². The number of benzene rings is 2. The summed E-state index contributed by atoms with van der Waals surface area (Å²) in [6.07, 6.45) is -4.46. The minimum atomic E-state index is -4.46. The lowest BCUT2D eigenvalue weighted by atomic mass is 10.1. The van der Waals surface area contributed by atoms with Crippen molar-refractivity contribution in [2.75, 3.05) is 5.32 Å². The van der Waals surface area contributed by atoms with Crippen LogP contribution >= 0.6 is 16.3 Å². The van der Waals surface area contributed by atoms with Crippen molar-refractivity contribution in [2.24, 2.45) is 0 Å². The molecule has 0 aliphatic rings. The first-order chi connectivity index (χ1) is 9.91. The molecule has 7 heteroatoms. The minimum absolute atomic E-state index is 0.0548. The van der Waals surface area contributed by atoms with Crippen LogP contribution in [-0.4, -0.2) is 5.91 Å². The minimum Gasteiger partial charge on any atom is -0.417 e. The molecule has 0 aliphatic carbocycles. The van der Waals surface area contributed by atoms with E-state index in [1.54, 1.807) is 18.2 Å². The van der Waals surface area contributed by atoms with Gasteiger partial charge in [0.2, 0.25) is 0 Å². The number of anilines is 1. The van der Waals surface area contributed by atoms with E-state index in [4.69, 9.17) is 3.83 Å². The summed E-state index contributed by atoms with van der Waals surface area (Å²) in [7, 11) is 0. The fourth-order valence-corrected chi connectivity index (χ4v) is 1.98. The monoisotopic (exact) mass is 359 g/mol. The van der Waals surface area contributed by atoms with Crippen LogP contribution < -0.4 is 9.15 Å². The smallest absolute Gasteiger partial charge is 0.416 e. The van der Waals surface area contributed by atoms with E-state index in [1.807, 2.05) is 0 Å². The molecule has 0 saturated heterocycles. The molecule has 0 aromatic heterocycles. The summed E-state index contributed by atoms with van der Waals surface area (Å²) in [6.45, 7) is 0. The summed E-state index contributed by atoms with van der Waals surface area (Å²) in [5, 5.41) is 2.41. The van der Waals surface area contributed by atoms with Crippen LogP contribution in [0.15, 0.2) is 48.5 Å². The Kier molecular flexibility index (Phi) is 4.52. The highest BCUT2D eigenvalue weighted by molar-refractivity contribution is 9.06. The van der Waals surface area contributed by atoms with Crippen LogP contribution in [0.3, 0.4) is 0 Å². The molecule has 0 atom stereocenters. The molecule has 0 heterocycles. The van der Waals surface area contributed by atoms with E-state index in [0.29, 0.717) is 0 Å². The Morgan fingerprint density at radius 1 is 1.10 bits per heavy atom. The average molecular weight is 360 g/mol. The third-order valence-electron chi connectivity index (χ3n) is 2.66. The van der Waals surface area contributed by atoms with E-state index >= 15 is 0 Å². The summed E-state index contributed by atoms with van der Waals surface area (Å²) in [4.78, 5) is 12.1. The number of hydrogen-bond acceptors (Lipinski definition) is 2. The van der Waals surface area contributed by atoms with Crippen molar-refractivity contribution >= 4 is 27.9 Å². The zero-order valence-corrected chi connectivity index (χ0v) is 12.0. The maximum absolute atomic E-state index is 12.6. The second-order valence-electron chi connectivity index (χ2n) is 4.11. The molecule has 0 saturated carbocycles. The number of para-hydroxylation sites is 1. The summed E-state index contributed by atoms with van der Waals surface area (Å²) in [5.74, 6) is -0.300. The van der Waals surface area contributed by atoms with Crippen LogP contribution in [0.5, 0.6) is 5.75 Å². The molecule has 2 aromatic carbocycles.